The number of aromatic nitrogens is 1. The minimum Gasteiger partial charge on any atom is -0.326 e. The summed E-state index contributed by atoms with van der Waals surface area (Å²) in [7, 11) is 0. The van der Waals surface area contributed by atoms with E-state index in [9.17, 15) is 0 Å². The van der Waals surface area contributed by atoms with Crippen molar-refractivity contribution < 1.29 is 0 Å². The van der Waals surface area contributed by atoms with Crippen LogP contribution in [0.2, 0.25) is 5.02 Å². The van der Waals surface area contributed by atoms with E-state index < -0.39 is 0 Å². The van der Waals surface area contributed by atoms with Crippen LogP contribution in [0.5, 0.6) is 0 Å². The molecule has 0 spiro atoms. The number of pyridine rings is 1. The molecule has 0 saturated carbocycles. The van der Waals surface area contributed by atoms with Crippen LogP contribution in [-0.2, 0) is 6.54 Å². The Morgan fingerprint density at radius 1 is 1.00 bits per heavy atom. The molecule has 4 heteroatoms. The molecule has 0 radical (unpaired) electrons. The summed E-state index contributed by atoms with van der Waals surface area (Å²) >= 11 is 7.50. The average molecular weight is 301 g/mol. The van der Waals surface area contributed by atoms with Crippen molar-refractivity contribution in [2.75, 3.05) is 0 Å². The number of hydrogen-bond donors (Lipinski definition) is 1. The summed E-state index contributed by atoms with van der Waals surface area (Å²) in [6, 6.07) is 16.3. The molecule has 0 atom stereocenters. The maximum absolute atomic E-state index is 5.86. The van der Waals surface area contributed by atoms with Gasteiger partial charge in [0.1, 0.15) is 5.03 Å². The Kier molecular flexibility index (Phi) is 3.92. The number of rotatable bonds is 3. The highest BCUT2D eigenvalue weighted by molar-refractivity contribution is 7.99. The molecule has 3 rings (SSSR count). The van der Waals surface area contributed by atoms with Gasteiger partial charge in [-0.2, -0.15) is 0 Å². The van der Waals surface area contributed by atoms with Gasteiger partial charge in [-0.25, -0.2) is 4.98 Å². The van der Waals surface area contributed by atoms with Gasteiger partial charge >= 0.3 is 0 Å². The zero-order valence-electron chi connectivity index (χ0n) is 10.7. The van der Waals surface area contributed by atoms with E-state index in [-0.39, 0.29) is 0 Å². The van der Waals surface area contributed by atoms with Gasteiger partial charge in [0.25, 0.3) is 0 Å². The predicted octanol–water partition coefficient (Wildman–Crippen LogP) is 4.50. The van der Waals surface area contributed by atoms with E-state index in [2.05, 4.69) is 29.2 Å². The van der Waals surface area contributed by atoms with Gasteiger partial charge < -0.3 is 5.73 Å². The first-order chi connectivity index (χ1) is 9.78. The second-order valence-electron chi connectivity index (χ2n) is 4.39. The fraction of sp³-hybridized carbons (Fsp3) is 0.0625. The van der Waals surface area contributed by atoms with Crippen LogP contribution in [0, 0.1) is 0 Å². The van der Waals surface area contributed by atoms with Gasteiger partial charge in [0.2, 0.25) is 0 Å². The maximum atomic E-state index is 5.86. The quantitative estimate of drug-likeness (QED) is 0.774. The highest BCUT2D eigenvalue weighted by Gasteiger charge is 2.07. The fourth-order valence-corrected chi connectivity index (χ4v) is 3.14. The van der Waals surface area contributed by atoms with Crippen molar-refractivity contribution in [1.82, 2.24) is 4.98 Å². The number of halogens is 1. The molecule has 2 N–H and O–H groups in total. The normalized spacial score (nSPS) is 10.9. The van der Waals surface area contributed by atoms with Gasteiger partial charge in [0.15, 0.2) is 0 Å². The lowest BCUT2D eigenvalue weighted by Gasteiger charge is -2.09. The predicted molar refractivity (Wildman–Crippen MR) is 85.2 cm³/mol. The summed E-state index contributed by atoms with van der Waals surface area (Å²) in [5.41, 5.74) is 6.96. The summed E-state index contributed by atoms with van der Waals surface area (Å²) in [5, 5.41) is 3.99. The standard InChI is InChI=1S/C16H13ClN2S/c17-12-6-8-16(19-10-12)20-15-7-5-11(9-18)13-3-1-2-4-14(13)15/h1-8,10H,9,18H2. The first-order valence-corrected chi connectivity index (χ1v) is 7.47. The molecule has 0 aliphatic carbocycles. The maximum Gasteiger partial charge on any atom is 0.101 e. The molecule has 1 heterocycles. The smallest absolute Gasteiger partial charge is 0.101 e. The van der Waals surface area contributed by atoms with Crippen LogP contribution < -0.4 is 5.73 Å². The number of hydrogen-bond acceptors (Lipinski definition) is 3. The lowest BCUT2D eigenvalue weighted by atomic mass is 10.0. The van der Waals surface area contributed by atoms with Crippen molar-refractivity contribution in [2.45, 2.75) is 16.5 Å². The molecule has 0 aliphatic heterocycles. The van der Waals surface area contributed by atoms with E-state index in [1.54, 1.807) is 18.0 Å². The zero-order valence-corrected chi connectivity index (χ0v) is 12.3. The molecule has 0 unspecified atom stereocenters. The summed E-state index contributed by atoms with van der Waals surface area (Å²) in [5.74, 6) is 0. The van der Waals surface area contributed by atoms with E-state index in [1.165, 1.54) is 15.7 Å². The minimum absolute atomic E-state index is 0.546. The van der Waals surface area contributed by atoms with Crippen molar-refractivity contribution in [3.05, 3.63) is 65.3 Å². The van der Waals surface area contributed by atoms with Crippen LogP contribution in [-0.4, -0.2) is 4.98 Å². The topological polar surface area (TPSA) is 38.9 Å². The summed E-state index contributed by atoms with van der Waals surface area (Å²) < 4.78 is 0. The van der Waals surface area contributed by atoms with E-state index in [1.807, 2.05) is 24.3 Å². The Morgan fingerprint density at radius 2 is 1.80 bits per heavy atom. The lowest BCUT2D eigenvalue weighted by Crippen LogP contribution is -1.97. The van der Waals surface area contributed by atoms with Crippen LogP contribution in [0.25, 0.3) is 10.8 Å². The Morgan fingerprint density at radius 3 is 2.50 bits per heavy atom. The van der Waals surface area contributed by atoms with Crippen LogP contribution >= 0.6 is 23.4 Å². The van der Waals surface area contributed by atoms with E-state index in [0.29, 0.717) is 11.6 Å². The van der Waals surface area contributed by atoms with Crippen molar-refractivity contribution in [1.29, 1.82) is 0 Å². The highest BCUT2D eigenvalue weighted by Crippen LogP contribution is 2.34. The van der Waals surface area contributed by atoms with Gasteiger partial charge in [-0.15, -0.1) is 0 Å². The van der Waals surface area contributed by atoms with E-state index in [4.69, 9.17) is 17.3 Å². The van der Waals surface area contributed by atoms with Gasteiger partial charge in [0.05, 0.1) is 5.02 Å². The Bertz CT molecular complexity index is 741. The van der Waals surface area contributed by atoms with Crippen molar-refractivity contribution in [3.8, 4) is 0 Å². The van der Waals surface area contributed by atoms with Crippen molar-refractivity contribution >= 4 is 34.1 Å². The number of fused-ring (bicyclic) bond motifs is 1. The van der Waals surface area contributed by atoms with Crippen LogP contribution in [0.4, 0.5) is 0 Å². The third-order valence-corrected chi connectivity index (χ3v) is 4.36. The van der Waals surface area contributed by atoms with Crippen molar-refractivity contribution in [2.24, 2.45) is 5.73 Å². The molecule has 2 nitrogen and oxygen atoms in total. The second kappa shape index (κ2) is 5.83. The molecule has 100 valence electrons. The largest absolute Gasteiger partial charge is 0.326 e. The molecule has 20 heavy (non-hydrogen) atoms. The number of nitrogens with zero attached hydrogens (tertiary/aromatic N) is 1. The lowest BCUT2D eigenvalue weighted by molar-refractivity contribution is 1.08. The summed E-state index contributed by atoms with van der Waals surface area (Å²) in [4.78, 5) is 5.50. The van der Waals surface area contributed by atoms with E-state index in [0.717, 1.165) is 10.6 Å². The molecule has 0 bridgehead atoms. The highest BCUT2D eigenvalue weighted by atomic mass is 35.5. The number of benzene rings is 2. The third-order valence-electron chi connectivity index (χ3n) is 3.11. The monoisotopic (exact) mass is 300 g/mol. The van der Waals surface area contributed by atoms with Crippen LogP contribution in [0.1, 0.15) is 5.56 Å². The third kappa shape index (κ3) is 2.66. The Hall–Kier alpha value is -1.55. The van der Waals surface area contributed by atoms with Crippen LogP contribution in [0.15, 0.2) is 64.6 Å². The Balaban J connectivity index is 2.06. The van der Waals surface area contributed by atoms with Crippen molar-refractivity contribution in [3.63, 3.8) is 0 Å². The molecule has 3 aromatic rings. The van der Waals surface area contributed by atoms with Gasteiger partial charge in [-0.05, 0) is 34.5 Å². The van der Waals surface area contributed by atoms with Gasteiger partial charge in [0, 0.05) is 17.6 Å². The number of nitrogens with two attached hydrogens (primary N) is 1. The van der Waals surface area contributed by atoms with Gasteiger partial charge in [-0.1, -0.05) is 53.7 Å². The molecule has 0 saturated heterocycles. The molecular formula is C16H13ClN2S. The first kappa shape index (κ1) is 13.4. The summed E-state index contributed by atoms with van der Waals surface area (Å²) in [6.45, 7) is 0.546. The molecule has 2 aromatic carbocycles. The fourth-order valence-electron chi connectivity index (χ4n) is 2.14. The molecule has 0 fully saturated rings. The average Bonchev–Trinajstić information content (AvgIpc) is 2.50. The minimum atomic E-state index is 0.546. The Labute approximate surface area is 127 Å². The SMILES string of the molecule is NCc1ccc(Sc2ccc(Cl)cn2)c2ccccc12. The second-order valence-corrected chi connectivity index (χ2v) is 5.89. The van der Waals surface area contributed by atoms with E-state index >= 15 is 0 Å². The summed E-state index contributed by atoms with van der Waals surface area (Å²) in [6.07, 6.45) is 1.67. The van der Waals surface area contributed by atoms with Gasteiger partial charge in [-0.3, -0.25) is 0 Å². The first-order valence-electron chi connectivity index (χ1n) is 6.28. The molecule has 0 aliphatic rings. The van der Waals surface area contributed by atoms with Crippen LogP contribution in [0.3, 0.4) is 0 Å². The molecular weight excluding hydrogens is 288 g/mol. The molecule has 1 aromatic heterocycles. The zero-order chi connectivity index (χ0) is 13.9. The molecule has 0 amide bonds.